The van der Waals surface area contributed by atoms with Crippen LogP contribution in [0.25, 0.3) is 0 Å². The quantitative estimate of drug-likeness (QED) is 0.794. The summed E-state index contributed by atoms with van der Waals surface area (Å²) in [5.74, 6) is 0.936. The molecule has 1 aliphatic rings. The summed E-state index contributed by atoms with van der Waals surface area (Å²) in [6, 6.07) is 2.85. The highest BCUT2D eigenvalue weighted by Crippen LogP contribution is 2.18. The molecule has 1 unspecified atom stereocenters. The lowest BCUT2D eigenvalue weighted by Gasteiger charge is -2.39. The van der Waals surface area contributed by atoms with Crippen LogP contribution in [0.3, 0.4) is 0 Å². The van der Waals surface area contributed by atoms with Gasteiger partial charge in [-0.2, -0.15) is 0 Å². The molecule has 1 aliphatic heterocycles. The second kappa shape index (κ2) is 5.56. The molecule has 1 fully saturated rings. The average Bonchev–Trinajstić information content (AvgIpc) is 2.39. The molecule has 2 rings (SSSR count). The van der Waals surface area contributed by atoms with Crippen molar-refractivity contribution in [3.63, 3.8) is 0 Å². The zero-order valence-corrected chi connectivity index (χ0v) is 11.0. The van der Waals surface area contributed by atoms with Gasteiger partial charge in [-0.25, -0.2) is 9.97 Å². The summed E-state index contributed by atoms with van der Waals surface area (Å²) in [4.78, 5) is 13.7. The van der Waals surface area contributed by atoms with E-state index in [1.54, 1.807) is 0 Å². The maximum absolute atomic E-state index is 4.34. The van der Waals surface area contributed by atoms with Gasteiger partial charge in [-0.3, -0.25) is 9.80 Å². The molecule has 1 aromatic heterocycles. The maximum Gasteiger partial charge on any atom is 0.145 e. The van der Waals surface area contributed by atoms with Gasteiger partial charge in [0.05, 0.1) is 6.04 Å². The molecular formula is C13H22N4. The summed E-state index contributed by atoms with van der Waals surface area (Å²) in [5.41, 5.74) is 0. The molecule has 0 saturated carbocycles. The summed E-state index contributed by atoms with van der Waals surface area (Å²) in [7, 11) is 0. The molecule has 1 aromatic rings. The first-order chi connectivity index (χ1) is 8.18. The van der Waals surface area contributed by atoms with E-state index >= 15 is 0 Å². The van der Waals surface area contributed by atoms with Gasteiger partial charge < -0.3 is 0 Å². The average molecular weight is 234 g/mol. The largest absolute Gasteiger partial charge is 0.298 e. The summed E-state index contributed by atoms with van der Waals surface area (Å²) in [6.45, 7) is 11.2. The first-order valence-corrected chi connectivity index (χ1v) is 6.43. The number of piperazine rings is 1. The predicted molar refractivity (Wildman–Crippen MR) is 68.7 cm³/mol. The molecule has 0 spiro atoms. The molecule has 4 nitrogen and oxygen atoms in total. The van der Waals surface area contributed by atoms with Crippen LogP contribution in [0, 0.1) is 0 Å². The zero-order chi connectivity index (χ0) is 12.3. The van der Waals surface area contributed by atoms with E-state index in [4.69, 9.17) is 0 Å². The topological polar surface area (TPSA) is 32.3 Å². The Hall–Kier alpha value is -1.00. The lowest BCUT2D eigenvalue weighted by molar-refractivity contribution is 0.0807. The Kier molecular flexibility index (Phi) is 4.07. The van der Waals surface area contributed by atoms with Gasteiger partial charge in [-0.1, -0.05) is 0 Å². The lowest BCUT2D eigenvalue weighted by atomic mass is 10.2. The number of aromatic nitrogens is 2. The molecule has 1 saturated heterocycles. The first kappa shape index (κ1) is 12.5. The molecule has 2 heterocycles. The fourth-order valence-electron chi connectivity index (χ4n) is 2.33. The van der Waals surface area contributed by atoms with Crippen LogP contribution in [0.4, 0.5) is 0 Å². The third kappa shape index (κ3) is 3.01. The molecule has 0 amide bonds. The number of nitrogens with zero attached hydrogens (tertiary/aromatic N) is 4. The Bertz CT molecular complexity index is 331. The van der Waals surface area contributed by atoms with Crippen molar-refractivity contribution in [3.8, 4) is 0 Å². The van der Waals surface area contributed by atoms with Crippen LogP contribution in [-0.4, -0.2) is 52.0 Å². The molecule has 17 heavy (non-hydrogen) atoms. The molecule has 0 N–H and O–H groups in total. The van der Waals surface area contributed by atoms with E-state index in [1.165, 1.54) is 0 Å². The van der Waals surface area contributed by atoms with Crippen LogP contribution >= 0.6 is 0 Å². The van der Waals surface area contributed by atoms with Crippen molar-refractivity contribution < 1.29 is 0 Å². The van der Waals surface area contributed by atoms with E-state index in [0.29, 0.717) is 12.1 Å². The Morgan fingerprint density at radius 2 is 1.47 bits per heavy atom. The molecule has 94 valence electrons. The maximum atomic E-state index is 4.34. The third-order valence-corrected chi connectivity index (χ3v) is 3.59. The van der Waals surface area contributed by atoms with Crippen LogP contribution in [-0.2, 0) is 0 Å². The summed E-state index contributed by atoms with van der Waals surface area (Å²) >= 11 is 0. The molecule has 0 aromatic carbocycles. The third-order valence-electron chi connectivity index (χ3n) is 3.59. The van der Waals surface area contributed by atoms with E-state index in [9.17, 15) is 0 Å². The van der Waals surface area contributed by atoms with Crippen molar-refractivity contribution in [3.05, 3.63) is 24.3 Å². The van der Waals surface area contributed by atoms with Gasteiger partial charge >= 0.3 is 0 Å². The lowest BCUT2D eigenvalue weighted by Crippen LogP contribution is -2.49. The Morgan fingerprint density at radius 3 is 2.00 bits per heavy atom. The predicted octanol–water partition coefficient (Wildman–Crippen LogP) is 1.56. The summed E-state index contributed by atoms with van der Waals surface area (Å²) in [5, 5.41) is 0. The number of rotatable bonds is 3. The van der Waals surface area contributed by atoms with E-state index in [1.807, 2.05) is 18.5 Å². The van der Waals surface area contributed by atoms with Crippen molar-refractivity contribution in [1.82, 2.24) is 19.8 Å². The van der Waals surface area contributed by atoms with Crippen molar-refractivity contribution >= 4 is 0 Å². The van der Waals surface area contributed by atoms with Gasteiger partial charge in [0.1, 0.15) is 5.82 Å². The van der Waals surface area contributed by atoms with E-state index in [0.717, 1.165) is 32.0 Å². The van der Waals surface area contributed by atoms with Gasteiger partial charge in [0.2, 0.25) is 0 Å². The fourth-order valence-corrected chi connectivity index (χ4v) is 2.33. The van der Waals surface area contributed by atoms with Crippen LogP contribution in [0.2, 0.25) is 0 Å². The standard InChI is InChI=1S/C13H22N4/c1-11(2)16-7-9-17(10-8-16)12(3)13-14-5-4-6-15-13/h4-6,11-12H,7-10H2,1-3H3. The SMILES string of the molecule is CC(C)N1CCN(C(C)c2ncccn2)CC1. The summed E-state index contributed by atoms with van der Waals surface area (Å²) in [6.07, 6.45) is 3.65. The minimum absolute atomic E-state index is 0.325. The number of hydrogen-bond donors (Lipinski definition) is 0. The fraction of sp³-hybridized carbons (Fsp3) is 0.692. The normalized spacial score (nSPS) is 20.7. The van der Waals surface area contributed by atoms with Gasteiger partial charge in [-0.05, 0) is 26.8 Å². The molecule has 0 aliphatic carbocycles. The molecule has 4 heteroatoms. The van der Waals surface area contributed by atoms with E-state index in [-0.39, 0.29) is 0 Å². The van der Waals surface area contributed by atoms with Crippen molar-refractivity contribution in [2.75, 3.05) is 26.2 Å². The second-order valence-corrected chi connectivity index (χ2v) is 4.95. The molecule has 1 atom stereocenters. The Labute approximate surface area is 104 Å². The second-order valence-electron chi connectivity index (χ2n) is 4.95. The van der Waals surface area contributed by atoms with Gasteiger partial charge in [0, 0.05) is 44.6 Å². The Morgan fingerprint density at radius 1 is 0.941 bits per heavy atom. The highest BCUT2D eigenvalue weighted by Gasteiger charge is 2.24. The zero-order valence-electron chi connectivity index (χ0n) is 11.0. The van der Waals surface area contributed by atoms with E-state index < -0.39 is 0 Å². The van der Waals surface area contributed by atoms with Gasteiger partial charge in [0.15, 0.2) is 0 Å². The summed E-state index contributed by atoms with van der Waals surface area (Å²) < 4.78 is 0. The Balaban J connectivity index is 1.93. The minimum Gasteiger partial charge on any atom is -0.298 e. The first-order valence-electron chi connectivity index (χ1n) is 6.43. The monoisotopic (exact) mass is 234 g/mol. The van der Waals surface area contributed by atoms with Gasteiger partial charge in [-0.15, -0.1) is 0 Å². The highest BCUT2D eigenvalue weighted by atomic mass is 15.3. The van der Waals surface area contributed by atoms with Crippen LogP contribution in [0.15, 0.2) is 18.5 Å². The minimum atomic E-state index is 0.325. The van der Waals surface area contributed by atoms with Crippen LogP contribution in [0.5, 0.6) is 0 Å². The van der Waals surface area contributed by atoms with E-state index in [2.05, 4.69) is 40.5 Å². The number of hydrogen-bond acceptors (Lipinski definition) is 4. The molecular weight excluding hydrogens is 212 g/mol. The smallest absolute Gasteiger partial charge is 0.145 e. The van der Waals surface area contributed by atoms with Gasteiger partial charge in [0.25, 0.3) is 0 Å². The van der Waals surface area contributed by atoms with Crippen molar-refractivity contribution in [2.45, 2.75) is 32.9 Å². The highest BCUT2D eigenvalue weighted by molar-refractivity contribution is 4.96. The van der Waals surface area contributed by atoms with Crippen molar-refractivity contribution in [1.29, 1.82) is 0 Å². The van der Waals surface area contributed by atoms with Crippen molar-refractivity contribution in [2.24, 2.45) is 0 Å². The molecule has 0 radical (unpaired) electrons. The van der Waals surface area contributed by atoms with Crippen LogP contribution < -0.4 is 0 Å². The van der Waals surface area contributed by atoms with Crippen LogP contribution in [0.1, 0.15) is 32.6 Å². The molecule has 0 bridgehead atoms.